The van der Waals surface area contributed by atoms with Gasteiger partial charge in [-0.25, -0.2) is 4.98 Å². The van der Waals surface area contributed by atoms with Crippen molar-refractivity contribution < 1.29 is 9.47 Å². The Hall–Kier alpha value is -1.13. The fraction of sp³-hybridized carbons (Fsp3) is 0.500. The van der Waals surface area contributed by atoms with Crippen molar-refractivity contribution in [2.24, 2.45) is 0 Å². The summed E-state index contributed by atoms with van der Waals surface area (Å²) in [6.07, 6.45) is 1.20. The number of aromatic nitrogens is 1. The number of nitrogens with zero attached hydrogens (tertiary/aromatic N) is 1. The molecule has 14 heavy (non-hydrogen) atoms. The van der Waals surface area contributed by atoms with Crippen molar-refractivity contribution in [2.75, 3.05) is 18.9 Å². The van der Waals surface area contributed by atoms with E-state index in [0.29, 0.717) is 19.0 Å². The normalized spacial score (nSPS) is 21.3. The van der Waals surface area contributed by atoms with Gasteiger partial charge in [0.1, 0.15) is 5.82 Å². The Bertz CT molecular complexity index is 298. The van der Waals surface area contributed by atoms with Crippen molar-refractivity contribution in [3.05, 3.63) is 23.9 Å². The Morgan fingerprint density at radius 1 is 1.57 bits per heavy atom. The van der Waals surface area contributed by atoms with Crippen LogP contribution in [0.5, 0.6) is 0 Å². The quantitative estimate of drug-likeness (QED) is 0.779. The number of nitrogens with two attached hydrogens (primary N) is 1. The van der Waals surface area contributed by atoms with E-state index in [1.807, 2.05) is 12.1 Å². The molecule has 1 saturated heterocycles. The van der Waals surface area contributed by atoms with Crippen LogP contribution in [0.3, 0.4) is 0 Å². The van der Waals surface area contributed by atoms with Gasteiger partial charge in [0.05, 0.1) is 25.0 Å². The van der Waals surface area contributed by atoms with Crippen LogP contribution in [-0.4, -0.2) is 24.3 Å². The van der Waals surface area contributed by atoms with E-state index in [1.54, 1.807) is 6.07 Å². The van der Waals surface area contributed by atoms with Gasteiger partial charge in [-0.05, 0) is 18.6 Å². The summed E-state index contributed by atoms with van der Waals surface area (Å²) in [6.45, 7) is 2.01. The molecule has 1 aromatic heterocycles. The number of ether oxygens (including phenoxy) is 2. The maximum atomic E-state index is 5.60. The highest BCUT2D eigenvalue weighted by molar-refractivity contribution is 5.28. The molecule has 4 nitrogen and oxygen atoms in total. The van der Waals surface area contributed by atoms with Crippen LogP contribution in [0.4, 0.5) is 5.82 Å². The second kappa shape index (κ2) is 4.39. The van der Waals surface area contributed by atoms with E-state index in [2.05, 4.69) is 4.98 Å². The first-order valence-electron chi connectivity index (χ1n) is 4.75. The van der Waals surface area contributed by atoms with E-state index in [-0.39, 0.29) is 6.10 Å². The average Bonchev–Trinajstić information content (AvgIpc) is 2.67. The van der Waals surface area contributed by atoms with Crippen LogP contribution >= 0.6 is 0 Å². The zero-order valence-corrected chi connectivity index (χ0v) is 7.98. The molecule has 1 fully saturated rings. The summed E-state index contributed by atoms with van der Waals surface area (Å²) < 4.78 is 10.8. The van der Waals surface area contributed by atoms with Crippen molar-refractivity contribution in [3.8, 4) is 0 Å². The molecular formula is C10H14N2O2. The standard InChI is InChI=1S/C10H14N2O2/c11-10-3-1-2-8(12-10)6-14-9-4-5-13-7-9/h1-3,9H,4-7H2,(H2,11,12). The SMILES string of the molecule is Nc1cccc(COC2CCOC2)n1. The molecule has 0 saturated carbocycles. The highest BCUT2D eigenvalue weighted by atomic mass is 16.5. The van der Waals surface area contributed by atoms with Crippen molar-refractivity contribution >= 4 is 5.82 Å². The number of rotatable bonds is 3. The van der Waals surface area contributed by atoms with Gasteiger partial charge < -0.3 is 15.2 Å². The minimum absolute atomic E-state index is 0.221. The van der Waals surface area contributed by atoms with Gasteiger partial charge in [0.25, 0.3) is 0 Å². The third-order valence-electron chi connectivity index (χ3n) is 2.18. The molecule has 0 amide bonds. The van der Waals surface area contributed by atoms with Gasteiger partial charge in [0, 0.05) is 6.61 Å². The first kappa shape index (κ1) is 9.43. The number of anilines is 1. The molecule has 1 aromatic rings. The second-order valence-corrected chi connectivity index (χ2v) is 3.35. The molecule has 1 aliphatic heterocycles. The van der Waals surface area contributed by atoms with E-state index in [4.69, 9.17) is 15.2 Å². The molecule has 0 bridgehead atoms. The Morgan fingerprint density at radius 2 is 2.50 bits per heavy atom. The molecule has 1 atom stereocenters. The number of pyridine rings is 1. The molecule has 0 aromatic carbocycles. The molecule has 1 unspecified atom stereocenters. The van der Waals surface area contributed by atoms with Crippen molar-refractivity contribution in [2.45, 2.75) is 19.1 Å². The summed E-state index contributed by atoms with van der Waals surface area (Å²) in [6, 6.07) is 5.56. The van der Waals surface area contributed by atoms with Gasteiger partial charge in [-0.3, -0.25) is 0 Å². The molecule has 2 N–H and O–H groups in total. The topological polar surface area (TPSA) is 57.4 Å². The van der Waals surface area contributed by atoms with Crippen LogP contribution in [0.25, 0.3) is 0 Å². The van der Waals surface area contributed by atoms with Gasteiger partial charge >= 0.3 is 0 Å². The Kier molecular flexibility index (Phi) is 2.96. The van der Waals surface area contributed by atoms with E-state index in [9.17, 15) is 0 Å². The smallest absolute Gasteiger partial charge is 0.123 e. The average molecular weight is 194 g/mol. The van der Waals surface area contributed by atoms with Crippen LogP contribution in [0, 0.1) is 0 Å². The number of hydrogen-bond acceptors (Lipinski definition) is 4. The lowest BCUT2D eigenvalue weighted by molar-refractivity contribution is 0.0302. The third kappa shape index (κ3) is 2.43. The van der Waals surface area contributed by atoms with Gasteiger partial charge in [0.15, 0.2) is 0 Å². The zero-order chi connectivity index (χ0) is 9.80. The van der Waals surface area contributed by atoms with E-state index in [0.717, 1.165) is 18.7 Å². The highest BCUT2D eigenvalue weighted by Gasteiger charge is 2.15. The van der Waals surface area contributed by atoms with Gasteiger partial charge in [-0.2, -0.15) is 0 Å². The van der Waals surface area contributed by atoms with Crippen LogP contribution in [0.15, 0.2) is 18.2 Å². The minimum Gasteiger partial charge on any atom is -0.384 e. The largest absolute Gasteiger partial charge is 0.384 e. The van der Waals surface area contributed by atoms with Crippen molar-refractivity contribution in [1.82, 2.24) is 4.98 Å². The molecule has 4 heteroatoms. The molecular weight excluding hydrogens is 180 g/mol. The first-order chi connectivity index (χ1) is 6.84. The molecule has 2 rings (SSSR count). The molecule has 2 heterocycles. The zero-order valence-electron chi connectivity index (χ0n) is 7.98. The van der Waals surface area contributed by atoms with E-state index >= 15 is 0 Å². The predicted molar refractivity (Wildman–Crippen MR) is 52.7 cm³/mol. The van der Waals surface area contributed by atoms with Crippen LogP contribution in [0.1, 0.15) is 12.1 Å². The number of hydrogen-bond donors (Lipinski definition) is 1. The van der Waals surface area contributed by atoms with Gasteiger partial charge in [-0.1, -0.05) is 6.07 Å². The summed E-state index contributed by atoms with van der Waals surface area (Å²) in [5.41, 5.74) is 6.42. The maximum absolute atomic E-state index is 5.60. The van der Waals surface area contributed by atoms with Crippen molar-refractivity contribution in [3.63, 3.8) is 0 Å². The molecule has 0 spiro atoms. The lowest BCUT2D eigenvalue weighted by Gasteiger charge is -2.09. The fourth-order valence-corrected chi connectivity index (χ4v) is 1.43. The summed E-state index contributed by atoms with van der Waals surface area (Å²) in [5.74, 6) is 0.536. The summed E-state index contributed by atoms with van der Waals surface area (Å²) >= 11 is 0. The Labute approximate surface area is 83.0 Å². The molecule has 0 radical (unpaired) electrons. The second-order valence-electron chi connectivity index (χ2n) is 3.35. The van der Waals surface area contributed by atoms with Crippen LogP contribution in [-0.2, 0) is 16.1 Å². The van der Waals surface area contributed by atoms with Gasteiger partial charge in [-0.15, -0.1) is 0 Å². The number of nitrogen functional groups attached to an aromatic ring is 1. The Balaban J connectivity index is 1.85. The van der Waals surface area contributed by atoms with Gasteiger partial charge in [0.2, 0.25) is 0 Å². The molecule has 1 aliphatic rings. The monoisotopic (exact) mass is 194 g/mol. The lowest BCUT2D eigenvalue weighted by Crippen LogP contribution is -2.12. The minimum atomic E-state index is 0.221. The summed E-state index contributed by atoms with van der Waals surface area (Å²) in [7, 11) is 0. The first-order valence-corrected chi connectivity index (χ1v) is 4.75. The Morgan fingerprint density at radius 3 is 3.21 bits per heavy atom. The summed E-state index contributed by atoms with van der Waals surface area (Å²) in [4.78, 5) is 4.15. The summed E-state index contributed by atoms with van der Waals surface area (Å²) in [5, 5.41) is 0. The highest BCUT2D eigenvalue weighted by Crippen LogP contribution is 2.11. The van der Waals surface area contributed by atoms with Crippen molar-refractivity contribution in [1.29, 1.82) is 0 Å². The molecule has 0 aliphatic carbocycles. The van der Waals surface area contributed by atoms with Crippen LogP contribution < -0.4 is 5.73 Å². The fourth-order valence-electron chi connectivity index (χ4n) is 1.43. The predicted octanol–water partition coefficient (Wildman–Crippen LogP) is 0.969. The van der Waals surface area contributed by atoms with Crippen LogP contribution in [0.2, 0.25) is 0 Å². The van der Waals surface area contributed by atoms with E-state index in [1.165, 1.54) is 0 Å². The third-order valence-corrected chi connectivity index (χ3v) is 2.18. The van der Waals surface area contributed by atoms with E-state index < -0.39 is 0 Å². The molecule has 76 valence electrons. The lowest BCUT2D eigenvalue weighted by atomic mass is 10.3. The maximum Gasteiger partial charge on any atom is 0.123 e.